The fourth-order valence-electron chi connectivity index (χ4n) is 4.48. The first-order valence-corrected chi connectivity index (χ1v) is 7.97. The average Bonchev–Trinajstić information content (AvgIpc) is 2.74. The van der Waals surface area contributed by atoms with E-state index in [0.29, 0.717) is 16.9 Å². The van der Waals surface area contributed by atoms with E-state index in [1.54, 1.807) is 0 Å². The monoisotopic (exact) mass is 273 g/mol. The van der Waals surface area contributed by atoms with Gasteiger partial charge in [-0.05, 0) is 55.1 Å². The summed E-state index contributed by atoms with van der Waals surface area (Å²) < 4.78 is 5.75. The van der Waals surface area contributed by atoms with E-state index in [2.05, 4.69) is 44.3 Å². The van der Waals surface area contributed by atoms with Gasteiger partial charge in [0.25, 0.3) is 0 Å². The number of nitrogens with one attached hydrogen (secondary N) is 1. The molecule has 2 aliphatic rings. The smallest absolute Gasteiger partial charge is 0.142 e. The molecule has 0 aliphatic heterocycles. The Hall–Kier alpha value is -1.18. The normalized spacial score (nSPS) is 34.2. The molecule has 3 unspecified atom stereocenters. The molecule has 0 spiro atoms. The van der Waals surface area contributed by atoms with Crippen LogP contribution in [-0.2, 0) is 0 Å². The number of rotatable bonds is 4. The Bertz CT molecular complexity index is 496. The summed E-state index contributed by atoms with van der Waals surface area (Å²) in [6.45, 7) is 10.1. The van der Waals surface area contributed by atoms with Crippen molar-refractivity contribution < 1.29 is 4.74 Å². The van der Waals surface area contributed by atoms with Gasteiger partial charge in [0.15, 0.2) is 0 Å². The summed E-state index contributed by atoms with van der Waals surface area (Å²) in [5.74, 6) is 1.85. The van der Waals surface area contributed by atoms with Crippen LogP contribution in [0.25, 0.3) is 0 Å². The van der Waals surface area contributed by atoms with E-state index in [1.807, 2.05) is 13.0 Å². The number of fused-ring (bicyclic) bond motifs is 2. The number of hydrogen-bond donors (Lipinski definition) is 1. The highest BCUT2D eigenvalue weighted by atomic mass is 16.5. The van der Waals surface area contributed by atoms with Crippen LogP contribution in [0.4, 0.5) is 5.69 Å². The van der Waals surface area contributed by atoms with Crippen LogP contribution in [-0.4, -0.2) is 12.6 Å². The van der Waals surface area contributed by atoms with Crippen molar-refractivity contribution in [1.82, 2.24) is 0 Å². The molecule has 0 saturated heterocycles. The first-order chi connectivity index (χ1) is 9.49. The number of ether oxygens (including phenoxy) is 1. The van der Waals surface area contributed by atoms with Gasteiger partial charge >= 0.3 is 0 Å². The van der Waals surface area contributed by atoms with Crippen LogP contribution in [0.3, 0.4) is 0 Å². The number of hydrogen-bond acceptors (Lipinski definition) is 2. The molecule has 0 heterocycles. The van der Waals surface area contributed by atoms with Gasteiger partial charge in [-0.2, -0.15) is 0 Å². The van der Waals surface area contributed by atoms with Gasteiger partial charge in [-0.25, -0.2) is 0 Å². The molecule has 110 valence electrons. The molecule has 2 bridgehead atoms. The summed E-state index contributed by atoms with van der Waals surface area (Å²) in [7, 11) is 0. The first kappa shape index (κ1) is 13.8. The Balaban J connectivity index is 1.83. The van der Waals surface area contributed by atoms with Gasteiger partial charge < -0.3 is 10.1 Å². The molecule has 2 saturated carbocycles. The van der Waals surface area contributed by atoms with Gasteiger partial charge in [0, 0.05) is 6.04 Å². The van der Waals surface area contributed by atoms with Crippen LogP contribution in [0.5, 0.6) is 5.75 Å². The van der Waals surface area contributed by atoms with Crippen molar-refractivity contribution in [3.8, 4) is 5.75 Å². The summed E-state index contributed by atoms with van der Waals surface area (Å²) in [4.78, 5) is 0. The minimum atomic E-state index is 0.400. The third kappa shape index (κ3) is 1.84. The quantitative estimate of drug-likeness (QED) is 0.857. The first-order valence-electron chi connectivity index (χ1n) is 7.97. The Morgan fingerprint density at radius 1 is 1.25 bits per heavy atom. The topological polar surface area (TPSA) is 21.3 Å². The van der Waals surface area contributed by atoms with Gasteiger partial charge in [0.05, 0.1) is 12.3 Å². The largest absolute Gasteiger partial charge is 0.492 e. The molecule has 2 aliphatic carbocycles. The van der Waals surface area contributed by atoms with Crippen LogP contribution in [0, 0.1) is 16.7 Å². The minimum Gasteiger partial charge on any atom is -0.492 e. The van der Waals surface area contributed by atoms with Crippen LogP contribution in [0.15, 0.2) is 24.3 Å². The molecule has 0 radical (unpaired) electrons. The molecule has 2 heteroatoms. The average molecular weight is 273 g/mol. The lowest BCUT2D eigenvalue weighted by atomic mass is 9.69. The van der Waals surface area contributed by atoms with Crippen molar-refractivity contribution in [2.45, 2.75) is 53.0 Å². The van der Waals surface area contributed by atoms with Crippen molar-refractivity contribution in [3.05, 3.63) is 24.3 Å². The standard InChI is InChI=1S/C18H27NO/c1-5-20-15-9-7-6-8-14(15)19-16-12-13-10-11-18(16,4)17(13,2)3/h6-9,13,16,19H,5,10-12H2,1-4H3. The van der Waals surface area contributed by atoms with Gasteiger partial charge in [0.1, 0.15) is 5.75 Å². The van der Waals surface area contributed by atoms with Gasteiger partial charge in [-0.1, -0.05) is 32.9 Å². The molecule has 3 atom stereocenters. The van der Waals surface area contributed by atoms with Crippen molar-refractivity contribution >= 4 is 5.69 Å². The van der Waals surface area contributed by atoms with Crippen LogP contribution in [0.1, 0.15) is 47.0 Å². The molecule has 1 aromatic rings. The van der Waals surface area contributed by atoms with E-state index >= 15 is 0 Å². The van der Waals surface area contributed by atoms with Crippen LogP contribution in [0.2, 0.25) is 0 Å². The summed E-state index contributed by atoms with van der Waals surface area (Å²) in [6, 6.07) is 8.91. The molecular formula is C18H27NO. The molecule has 1 aromatic carbocycles. The highest BCUT2D eigenvalue weighted by Gasteiger charge is 2.61. The minimum absolute atomic E-state index is 0.400. The summed E-state index contributed by atoms with van der Waals surface area (Å²) in [6.07, 6.45) is 4.04. The molecule has 20 heavy (non-hydrogen) atoms. The summed E-state index contributed by atoms with van der Waals surface area (Å²) >= 11 is 0. The lowest BCUT2D eigenvalue weighted by Gasteiger charge is -2.40. The van der Waals surface area contributed by atoms with E-state index in [4.69, 9.17) is 4.74 Å². The lowest BCUT2D eigenvalue weighted by molar-refractivity contribution is 0.142. The second-order valence-corrected chi connectivity index (χ2v) is 7.24. The summed E-state index contributed by atoms with van der Waals surface area (Å²) in [5, 5.41) is 3.80. The zero-order chi connectivity index (χ0) is 14.4. The SMILES string of the molecule is CCOc1ccccc1NC1CC2CCC1(C)C2(C)C. The molecular weight excluding hydrogens is 246 g/mol. The van der Waals surface area contributed by atoms with Crippen molar-refractivity contribution in [2.24, 2.45) is 16.7 Å². The fourth-order valence-corrected chi connectivity index (χ4v) is 4.48. The molecule has 0 amide bonds. The maximum absolute atomic E-state index is 5.75. The van der Waals surface area contributed by atoms with E-state index < -0.39 is 0 Å². The highest BCUT2D eigenvalue weighted by molar-refractivity contribution is 5.57. The van der Waals surface area contributed by atoms with E-state index in [1.165, 1.54) is 19.3 Å². The summed E-state index contributed by atoms with van der Waals surface area (Å²) in [5.41, 5.74) is 2.01. The molecule has 0 aromatic heterocycles. The Kier molecular flexibility index (Phi) is 3.23. The predicted octanol–water partition coefficient (Wildman–Crippen LogP) is 4.71. The van der Waals surface area contributed by atoms with Crippen molar-refractivity contribution in [2.75, 3.05) is 11.9 Å². The van der Waals surface area contributed by atoms with Crippen molar-refractivity contribution in [1.29, 1.82) is 0 Å². The second-order valence-electron chi connectivity index (χ2n) is 7.24. The fraction of sp³-hybridized carbons (Fsp3) is 0.667. The predicted molar refractivity (Wildman–Crippen MR) is 84.3 cm³/mol. The molecule has 2 nitrogen and oxygen atoms in total. The van der Waals surface area contributed by atoms with Gasteiger partial charge in [-0.3, -0.25) is 0 Å². The Morgan fingerprint density at radius 3 is 2.60 bits per heavy atom. The molecule has 1 N–H and O–H groups in total. The highest BCUT2D eigenvalue weighted by Crippen LogP contribution is 2.66. The van der Waals surface area contributed by atoms with Crippen LogP contribution >= 0.6 is 0 Å². The zero-order valence-corrected chi connectivity index (χ0v) is 13.2. The third-order valence-electron chi connectivity index (χ3n) is 6.31. The Labute approximate surface area is 122 Å². The Morgan fingerprint density at radius 2 is 2.00 bits per heavy atom. The third-order valence-corrected chi connectivity index (χ3v) is 6.31. The zero-order valence-electron chi connectivity index (χ0n) is 13.2. The molecule has 2 fully saturated rings. The number of para-hydroxylation sites is 2. The number of anilines is 1. The van der Waals surface area contributed by atoms with Gasteiger partial charge in [0.2, 0.25) is 0 Å². The maximum atomic E-state index is 5.75. The van der Waals surface area contributed by atoms with Gasteiger partial charge in [-0.15, -0.1) is 0 Å². The van der Waals surface area contributed by atoms with Crippen LogP contribution < -0.4 is 10.1 Å². The second kappa shape index (κ2) is 4.68. The molecule has 3 rings (SSSR count). The maximum Gasteiger partial charge on any atom is 0.142 e. The number of benzene rings is 1. The van der Waals surface area contributed by atoms with E-state index in [9.17, 15) is 0 Å². The van der Waals surface area contributed by atoms with E-state index in [-0.39, 0.29) is 0 Å². The van der Waals surface area contributed by atoms with E-state index in [0.717, 1.165) is 24.0 Å². The van der Waals surface area contributed by atoms with Crippen molar-refractivity contribution in [3.63, 3.8) is 0 Å². The lowest BCUT2D eigenvalue weighted by Crippen LogP contribution is -2.40.